The normalized spacial score (nSPS) is 10.9. The zero-order valence-corrected chi connectivity index (χ0v) is 16.2. The molecule has 0 bridgehead atoms. The summed E-state index contributed by atoms with van der Waals surface area (Å²) in [6.07, 6.45) is 0. The Bertz CT molecular complexity index is 896. The number of carbonyl (C=O) groups is 1. The molecule has 0 unspecified atom stereocenters. The van der Waals surface area contributed by atoms with Gasteiger partial charge in [0, 0.05) is 11.3 Å². The highest BCUT2D eigenvalue weighted by molar-refractivity contribution is 7.99. The quantitative estimate of drug-likeness (QED) is 0.711. The summed E-state index contributed by atoms with van der Waals surface area (Å²) >= 11 is 1.54. The number of hydrogen-bond acceptors (Lipinski definition) is 5. The fourth-order valence-corrected chi connectivity index (χ4v) is 3.75. The monoisotopic (exact) mass is 370 g/mol. The molecule has 136 valence electrons. The van der Waals surface area contributed by atoms with Gasteiger partial charge in [0.1, 0.15) is 5.76 Å². The maximum atomic E-state index is 12.4. The minimum absolute atomic E-state index is 0.0411. The lowest BCUT2D eigenvalue weighted by molar-refractivity contribution is -0.113. The van der Waals surface area contributed by atoms with Crippen LogP contribution in [0.1, 0.15) is 28.4 Å². The lowest BCUT2D eigenvalue weighted by atomic mass is 10.2. The number of benzene rings is 1. The number of nitrogens with one attached hydrogen (secondary N) is 1. The van der Waals surface area contributed by atoms with Crippen LogP contribution in [0, 0.1) is 27.7 Å². The molecule has 1 aromatic carbocycles. The molecule has 0 saturated heterocycles. The van der Waals surface area contributed by atoms with Crippen LogP contribution in [0.3, 0.4) is 0 Å². The van der Waals surface area contributed by atoms with Crippen molar-refractivity contribution in [1.29, 1.82) is 0 Å². The molecule has 2 aromatic heterocycles. The zero-order valence-electron chi connectivity index (χ0n) is 15.4. The molecule has 0 atom stereocenters. The van der Waals surface area contributed by atoms with E-state index in [9.17, 15) is 4.79 Å². The standard InChI is InChI=1S/C19H22N4O2S/c1-12-17(15(4)25-22-12)10-26-11-18(24)20-19-13(2)21-23(14(19)3)16-8-6-5-7-9-16/h5-9H,10-11H2,1-4H3,(H,20,24). The van der Waals surface area contributed by atoms with Gasteiger partial charge in [-0.1, -0.05) is 23.4 Å². The number of anilines is 1. The molecule has 26 heavy (non-hydrogen) atoms. The number of amides is 1. The molecule has 7 heteroatoms. The first kappa shape index (κ1) is 18.3. The van der Waals surface area contributed by atoms with E-state index in [0.717, 1.165) is 39.8 Å². The molecule has 1 amide bonds. The summed E-state index contributed by atoms with van der Waals surface area (Å²) < 4.78 is 7.00. The highest BCUT2D eigenvalue weighted by Crippen LogP contribution is 2.24. The van der Waals surface area contributed by atoms with Crippen molar-refractivity contribution in [2.45, 2.75) is 33.4 Å². The number of thioether (sulfide) groups is 1. The number of carbonyl (C=O) groups excluding carboxylic acids is 1. The van der Waals surface area contributed by atoms with Gasteiger partial charge in [-0.15, -0.1) is 11.8 Å². The molecule has 0 aliphatic rings. The number of aromatic nitrogens is 3. The smallest absolute Gasteiger partial charge is 0.234 e. The van der Waals surface area contributed by atoms with E-state index >= 15 is 0 Å². The Morgan fingerprint density at radius 2 is 1.88 bits per heavy atom. The van der Waals surface area contributed by atoms with Gasteiger partial charge in [0.15, 0.2) is 0 Å². The summed E-state index contributed by atoms with van der Waals surface area (Å²) in [5.74, 6) is 1.83. The Labute approximate surface area is 157 Å². The largest absolute Gasteiger partial charge is 0.361 e. The third-order valence-electron chi connectivity index (χ3n) is 4.22. The Hall–Kier alpha value is -2.54. The molecule has 0 fully saturated rings. The second kappa shape index (κ2) is 7.78. The summed E-state index contributed by atoms with van der Waals surface area (Å²) in [6.45, 7) is 7.66. The maximum absolute atomic E-state index is 12.4. The van der Waals surface area contributed by atoms with Gasteiger partial charge in [0.25, 0.3) is 0 Å². The summed E-state index contributed by atoms with van der Waals surface area (Å²) in [5.41, 5.74) is 5.41. The van der Waals surface area contributed by atoms with Gasteiger partial charge in [0.2, 0.25) is 5.91 Å². The fourth-order valence-electron chi connectivity index (χ4n) is 2.77. The van der Waals surface area contributed by atoms with Crippen molar-refractivity contribution in [2.24, 2.45) is 0 Å². The van der Waals surface area contributed by atoms with E-state index < -0.39 is 0 Å². The van der Waals surface area contributed by atoms with Crippen LogP contribution in [-0.2, 0) is 10.5 Å². The second-order valence-corrected chi connectivity index (χ2v) is 7.12. The van der Waals surface area contributed by atoms with Gasteiger partial charge in [-0.2, -0.15) is 5.10 Å². The number of aryl methyl sites for hydroxylation is 3. The van der Waals surface area contributed by atoms with Crippen molar-refractivity contribution >= 4 is 23.4 Å². The number of rotatable bonds is 6. The van der Waals surface area contributed by atoms with Crippen LogP contribution in [0.25, 0.3) is 5.69 Å². The van der Waals surface area contributed by atoms with Crippen LogP contribution in [0.4, 0.5) is 5.69 Å². The van der Waals surface area contributed by atoms with Crippen molar-refractivity contribution < 1.29 is 9.32 Å². The lowest BCUT2D eigenvalue weighted by Gasteiger charge is -2.07. The molecule has 0 spiro atoms. The van der Waals surface area contributed by atoms with Gasteiger partial charge in [0.05, 0.1) is 34.2 Å². The number of nitrogens with zero attached hydrogens (tertiary/aromatic N) is 3. The van der Waals surface area contributed by atoms with E-state index in [4.69, 9.17) is 4.52 Å². The van der Waals surface area contributed by atoms with Crippen LogP contribution >= 0.6 is 11.8 Å². The number of hydrogen-bond donors (Lipinski definition) is 1. The van der Waals surface area contributed by atoms with E-state index in [1.165, 1.54) is 0 Å². The Kier molecular flexibility index (Phi) is 5.46. The predicted octanol–water partition coefficient (Wildman–Crippen LogP) is 3.97. The van der Waals surface area contributed by atoms with Crippen LogP contribution < -0.4 is 5.32 Å². The minimum atomic E-state index is -0.0411. The molecule has 0 radical (unpaired) electrons. The van der Waals surface area contributed by atoms with Crippen LogP contribution in [0.2, 0.25) is 0 Å². The Morgan fingerprint density at radius 1 is 1.15 bits per heavy atom. The van der Waals surface area contributed by atoms with Crippen molar-refractivity contribution in [2.75, 3.05) is 11.1 Å². The molecule has 0 saturated carbocycles. The fraction of sp³-hybridized carbons (Fsp3) is 0.316. The summed E-state index contributed by atoms with van der Waals surface area (Å²) in [5, 5.41) is 11.5. The third kappa shape index (κ3) is 3.83. The SMILES string of the molecule is Cc1noc(C)c1CSCC(=O)Nc1c(C)nn(-c2ccccc2)c1C. The Morgan fingerprint density at radius 3 is 2.54 bits per heavy atom. The van der Waals surface area contributed by atoms with Crippen molar-refractivity contribution in [3.05, 3.63) is 58.7 Å². The average molecular weight is 370 g/mol. The molecule has 0 aliphatic carbocycles. The summed E-state index contributed by atoms with van der Waals surface area (Å²) in [7, 11) is 0. The lowest BCUT2D eigenvalue weighted by Crippen LogP contribution is -2.15. The van der Waals surface area contributed by atoms with Gasteiger partial charge < -0.3 is 9.84 Å². The highest BCUT2D eigenvalue weighted by atomic mass is 32.2. The van der Waals surface area contributed by atoms with Crippen LogP contribution in [0.15, 0.2) is 34.9 Å². The van der Waals surface area contributed by atoms with E-state index in [1.54, 1.807) is 11.8 Å². The first-order valence-corrected chi connectivity index (χ1v) is 9.54. The minimum Gasteiger partial charge on any atom is -0.361 e. The van der Waals surface area contributed by atoms with Crippen LogP contribution in [0.5, 0.6) is 0 Å². The molecule has 3 aromatic rings. The van der Waals surface area contributed by atoms with E-state index in [-0.39, 0.29) is 5.91 Å². The summed E-state index contributed by atoms with van der Waals surface area (Å²) in [6, 6.07) is 9.88. The topological polar surface area (TPSA) is 73.0 Å². The van der Waals surface area contributed by atoms with Crippen molar-refractivity contribution in [3.8, 4) is 5.69 Å². The third-order valence-corrected chi connectivity index (χ3v) is 5.18. The molecule has 6 nitrogen and oxygen atoms in total. The average Bonchev–Trinajstić information content (AvgIpc) is 3.10. The first-order valence-electron chi connectivity index (χ1n) is 8.38. The molecular formula is C19H22N4O2S. The van der Waals surface area contributed by atoms with Crippen LogP contribution in [-0.4, -0.2) is 26.6 Å². The molecule has 1 N–H and O–H groups in total. The second-order valence-electron chi connectivity index (χ2n) is 6.14. The van der Waals surface area contributed by atoms with E-state index in [0.29, 0.717) is 11.5 Å². The molecule has 2 heterocycles. The van der Waals surface area contributed by atoms with E-state index in [1.807, 2.05) is 62.7 Å². The van der Waals surface area contributed by atoms with Gasteiger partial charge in [-0.05, 0) is 39.8 Å². The predicted molar refractivity (Wildman–Crippen MR) is 104 cm³/mol. The highest BCUT2D eigenvalue weighted by Gasteiger charge is 2.16. The van der Waals surface area contributed by atoms with E-state index in [2.05, 4.69) is 15.6 Å². The van der Waals surface area contributed by atoms with Gasteiger partial charge in [-0.3, -0.25) is 4.79 Å². The van der Waals surface area contributed by atoms with Crippen molar-refractivity contribution in [1.82, 2.24) is 14.9 Å². The van der Waals surface area contributed by atoms with Gasteiger partial charge in [-0.25, -0.2) is 4.68 Å². The molecular weight excluding hydrogens is 348 g/mol. The summed E-state index contributed by atoms with van der Waals surface area (Å²) in [4.78, 5) is 12.4. The Balaban J connectivity index is 1.64. The molecule has 3 rings (SSSR count). The van der Waals surface area contributed by atoms with Gasteiger partial charge >= 0.3 is 0 Å². The van der Waals surface area contributed by atoms with Crippen molar-refractivity contribution in [3.63, 3.8) is 0 Å². The maximum Gasteiger partial charge on any atom is 0.234 e. The molecule has 0 aliphatic heterocycles. The number of para-hydroxylation sites is 1. The zero-order chi connectivity index (χ0) is 18.7. The first-order chi connectivity index (χ1) is 12.5.